The van der Waals surface area contributed by atoms with Gasteiger partial charge >= 0.3 is 11.9 Å². The van der Waals surface area contributed by atoms with Crippen molar-refractivity contribution in [3.05, 3.63) is 63.6 Å². The SMILES string of the molecule is Clc1cc(Br)ccc1OCCCNCc1ccccc1.O=C(O)C(=O)O. The fourth-order valence-electron chi connectivity index (χ4n) is 1.80. The van der Waals surface area contributed by atoms with Crippen LogP contribution in [0.4, 0.5) is 0 Å². The Balaban J connectivity index is 0.000000487. The Kier molecular flexibility index (Phi) is 10.4. The van der Waals surface area contributed by atoms with Gasteiger partial charge in [0.05, 0.1) is 11.6 Å². The predicted molar refractivity (Wildman–Crippen MR) is 103 cm³/mol. The molecule has 0 radical (unpaired) electrons. The van der Waals surface area contributed by atoms with Crippen molar-refractivity contribution in [2.24, 2.45) is 0 Å². The number of ether oxygens (including phenoxy) is 1. The third-order valence-electron chi connectivity index (χ3n) is 3.00. The van der Waals surface area contributed by atoms with Gasteiger partial charge in [0.15, 0.2) is 0 Å². The van der Waals surface area contributed by atoms with E-state index in [4.69, 9.17) is 36.1 Å². The molecule has 0 spiro atoms. The number of nitrogens with one attached hydrogen (secondary N) is 1. The number of benzene rings is 2. The van der Waals surface area contributed by atoms with Crippen LogP contribution in [-0.2, 0) is 16.1 Å². The van der Waals surface area contributed by atoms with Crippen molar-refractivity contribution in [1.29, 1.82) is 0 Å². The Hall–Kier alpha value is -2.09. The van der Waals surface area contributed by atoms with E-state index in [-0.39, 0.29) is 0 Å². The van der Waals surface area contributed by atoms with Crippen LogP contribution in [0.5, 0.6) is 5.75 Å². The average molecular weight is 445 g/mol. The first-order chi connectivity index (χ1) is 12.4. The van der Waals surface area contributed by atoms with E-state index >= 15 is 0 Å². The summed E-state index contributed by atoms with van der Waals surface area (Å²) in [5.41, 5.74) is 1.30. The molecule has 0 saturated heterocycles. The van der Waals surface area contributed by atoms with Crippen LogP contribution >= 0.6 is 27.5 Å². The van der Waals surface area contributed by atoms with Crippen molar-refractivity contribution in [2.75, 3.05) is 13.2 Å². The first-order valence-electron chi connectivity index (χ1n) is 7.69. The molecular weight excluding hydrogens is 426 g/mol. The van der Waals surface area contributed by atoms with Crippen LogP contribution in [0.25, 0.3) is 0 Å². The third-order valence-corrected chi connectivity index (χ3v) is 3.79. The largest absolute Gasteiger partial charge is 0.492 e. The zero-order chi connectivity index (χ0) is 19.4. The molecule has 0 aliphatic carbocycles. The van der Waals surface area contributed by atoms with Gasteiger partial charge in [-0.2, -0.15) is 0 Å². The lowest BCUT2D eigenvalue weighted by Crippen LogP contribution is -2.17. The van der Waals surface area contributed by atoms with E-state index in [0.29, 0.717) is 11.6 Å². The smallest absolute Gasteiger partial charge is 0.414 e. The summed E-state index contributed by atoms with van der Waals surface area (Å²) in [5, 5.41) is 18.8. The van der Waals surface area contributed by atoms with Gasteiger partial charge in [-0.05, 0) is 36.7 Å². The van der Waals surface area contributed by atoms with E-state index in [1.54, 1.807) is 0 Å². The molecule has 8 heteroatoms. The van der Waals surface area contributed by atoms with Crippen LogP contribution in [0.1, 0.15) is 12.0 Å². The number of aliphatic carboxylic acids is 2. The molecule has 2 aromatic rings. The maximum atomic E-state index is 9.10. The molecule has 0 aliphatic heterocycles. The van der Waals surface area contributed by atoms with Gasteiger partial charge in [0.1, 0.15) is 5.75 Å². The number of carbonyl (C=O) groups is 2. The van der Waals surface area contributed by atoms with Crippen molar-refractivity contribution in [3.63, 3.8) is 0 Å². The van der Waals surface area contributed by atoms with E-state index in [9.17, 15) is 0 Å². The van der Waals surface area contributed by atoms with Gasteiger partial charge in [-0.15, -0.1) is 0 Å². The second-order valence-electron chi connectivity index (χ2n) is 5.05. The number of halogens is 2. The molecule has 0 saturated carbocycles. The molecule has 2 rings (SSSR count). The van der Waals surface area contributed by atoms with Crippen LogP contribution in [0.15, 0.2) is 53.0 Å². The highest BCUT2D eigenvalue weighted by Crippen LogP contribution is 2.27. The van der Waals surface area contributed by atoms with E-state index in [1.165, 1.54) is 5.56 Å². The Bertz CT molecular complexity index is 700. The first-order valence-corrected chi connectivity index (χ1v) is 8.86. The molecule has 140 valence electrons. The van der Waals surface area contributed by atoms with Crippen molar-refractivity contribution >= 4 is 39.5 Å². The summed E-state index contributed by atoms with van der Waals surface area (Å²) < 4.78 is 6.61. The molecule has 26 heavy (non-hydrogen) atoms. The topological polar surface area (TPSA) is 95.9 Å². The highest BCUT2D eigenvalue weighted by molar-refractivity contribution is 9.10. The second-order valence-corrected chi connectivity index (χ2v) is 6.37. The molecule has 0 aromatic heterocycles. The van der Waals surface area contributed by atoms with Gasteiger partial charge in [0, 0.05) is 11.0 Å². The summed E-state index contributed by atoms with van der Waals surface area (Å²) in [4.78, 5) is 18.2. The van der Waals surface area contributed by atoms with Crippen LogP contribution in [0, 0.1) is 0 Å². The Morgan fingerprint density at radius 1 is 1.08 bits per heavy atom. The number of rotatable bonds is 7. The Labute approximate surface area is 164 Å². The number of hydrogen-bond donors (Lipinski definition) is 3. The average Bonchev–Trinajstić information content (AvgIpc) is 2.61. The van der Waals surface area contributed by atoms with E-state index < -0.39 is 11.9 Å². The van der Waals surface area contributed by atoms with Crippen molar-refractivity contribution < 1.29 is 24.5 Å². The van der Waals surface area contributed by atoms with Crippen LogP contribution < -0.4 is 10.1 Å². The van der Waals surface area contributed by atoms with Crippen molar-refractivity contribution in [3.8, 4) is 5.75 Å². The third kappa shape index (κ3) is 9.41. The summed E-state index contributed by atoms with van der Waals surface area (Å²) >= 11 is 9.45. The zero-order valence-corrected chi connectivity index (χ0v) is 16.2. The summed E-state index contributed by atoms with van der Waals surface area (Å²) in [6.45, 7) is 2.46. The van der Waals surface area contributed by atoms with Crippen LogP contribution in [-0.4, -0.2) is 35.3 Å². The maximum Gasteiger partial charge on any atom is 0.414 e. The summed E-state index contributed by atoms with van der Waals surface area (Å²) in [5.74, 6) is -2.91. The predicted octanol–water partition coefficient (Wildman–Crippen LogP) is 3.82. The minimum atomic E-state index is -1.82. The van der Waals surface area contributed by atoms with Gasteiger partial charge in [-0.25, -0.2) is 9.59 Å². The molecule has 3 N–H and O–H groups in total. The fourth-order valence-corrected chi connectivity index (χ4v) is 2.53. The fraction of sp³-hybridized carbons (Fsp3) is 0.222. The van der Waals surface area contributed by atoms with Gasteiger partial charge < -0.3 is 20.3 Å². The quantitative estimate of drug-likeness (QED) is 0.444. The molecule has 6 nitrogen and oxygen atoms in total. The lowest BCUT2D eigenvalue weighted by Gasteiger charge is -2.09. The van der Waals surface area contributed by atoms with E-state index in [0.717, 1.165) is 29.7 Å². The van der Waals surface area contributed by atoms with E-state index in [1.807, 2.05) is 24.3 Å². The minimum absolute atomic E-state index is 0.636. The normalized spacial score (nSPS) is 9.77. The number of hydrogen-bond acceptors (Lipinski definition) is 4. The monoisotopic (exact) mass is 443 g/mol. The van der Waals surface area contributed by atoms with Crippen LogP contribution in [0.3, 0.4) is 0 Å². The summed E-state index contributed by atoms with van der Waals surface area (Å²) in [6, 6.07) is 16.0. The standard InChI is InChI=1S/C16H17BrClNO.C2H2O4/c17-14-7-8-16(15(18)11-14)20-10-4-9-19-12-13-5-2-1-3-6-13;3-1(4)2(5)6/h1-3,5-8,11,19H,4,9-10,12H2;(H,3,4)(H,5,6). The summed E-state index contributed by atoms with van der Waals surface area (Å²) in [7, 11) is 0. The second kappa shape index (κ2) is 12.3. The Morgan fingerprint density at radius 2 is 1.73 bits per heavy atom. The van der Waals surface area contributed by atoms with Crippen molar-refractivity contribution in [1.82, 2.24) is 5.32 Å². The first kappa shape index (κ1) is 22.0. The lowest BCUT2D eigenvalue weighted by atomic mass is 10.2. The van der Waals surface area contributed by atoms with E-state index in [2.05, 4.69) is 45.5 Å². The molecule has 0 heterocycles. The van der Waals surface area contributed by atoms with Gasteiger partial charge in [-0.3, -0.25) is 0 Å². The van der Waals surface area contributed by atoms with Crippen molar-refractivity contribution in [2.45, 2.75) is 13.0 Å². The highest BCUT2D eigenvalue weighted by Gasteiger charge is 2.04. The lowest BCUT2D eigenvalue weighted by molar-refractivity contribution is -0.159. The number of carboxylic acid groups (broad SMARTS) is 2. The molecule has 0 atom stereocenters. The van der Waals surface area contributed by atoms with Gasteiger partial charge in [-0.1, -0.05) is 57.9 Å². The molecule has 0 fully saturated rings. The molecular formula is C18H19BrClNO5. The summed E-state index contributed by atoms with van der Waals surface area (Å²) in [6.07, 6.45) is 0.944. The Morgan fingerprint density at radius 3 is 2.31 bits per heavy atom. The molecule has 0 aliphatic rings. The van der Waals surface area contributed by atoms with Crippen LogP contribution in [0.2, 0.25) is 5.02 Å². The molecule has 0 amide bonds. The maximum absolute atomic E-state index is 9.10. The molecule has 2 aromatic carbocycles. The molecule has 0 bridgehead atoms. The van der Waals surface area contributed by atoms with Gasteiger partial charge in [0.2, 0.25) is 0 Å². The number of carboxylic acids is 2. The molecule has 0 unspecified atom stereocenters. The highest BCUT2D eigenvalue weighted by atomic mass is 79.9. The van der Waals surface area contributed by atoms with Gasteiger partial charge in [0.25, 0.3) is 0 Å². The zero-order valence-electron chi connectivity index (χ0n) is 13.8. The minimum Gasteiger partial charge on any atom is -0.492 e.